The van der Waals surface area contributed by atoms with E-state index in [-0.39, 0.29) is 0 Å². The zero-order chi connectivity index (χ0) is 17.5. The van der Waals surface area contributed by atoms with E-state index in [1.165, 1.54) is 11.3 Å². The van der Waals surface area contributed by atoms with E-state index in [0.29, 0.717) is 19.8 Å². The molecule has 0 aliphatic carbocycles. The van der Waals surface area contributed by atoms with E-state index in [0.717, 1.165) is 30.2 Å². The number of fused-ring (bicyclic) bond motifs is 1. The van der Waals surface area contributed by atoms with Crippen molar-refractivity contribution in [1.29, 1.82) is 0 Å². The fourth-order valence-electron chi connectivity index (χ4n) is 3.09. The number of hydrogen-bond donors (Lipinski definition) is 1. The van der Waals surface area contributed by atoms with Crippen molar-refractivity contribution in [2.24, 2.45) is 4.99 Å². The minimum Gasteiger partial charge on any atom is -0.496 e. The summed E-state index contributed by atoms with van der Waals surface area (Å²) in [4.78, 5) is 6.64. The Balaban J connectivity index is 1.47. The highest BCUT2D eigenvalue weighted by atomic mass is 16.5. The first-order valence-electron chi connectivity index (χ1n) is 8.59. The molecule has 1 aliphatic heterocycles. The SMILES string of the molecule is CN=C(NCCOCc1ccccc1OC)N1CCc2ccccc21. The number of ether oxygens (including phenoxy) is 2. The number of hydrogen-bond acceptors (Lipinski definition) is 3. The Labute approximate surface area is 149 Å². The van der Waals surface area contributed by atoms with E-state index in [2.05, 4.69) is 39.5 Å². The van der Waals surface area contributed by atoms with Gasteiger partial charge in [-0.3, -0.25) is 4.99 Å². The highest BCUT2D eigenvalue weighted by molar-refractivity contribution is 5.97. The van der Waals surface area contributed by atoms with Crippen LogP contribution in [0.3, 0.4) is 0 Å². The molecule has 0 fully saturated rings. The Kier molecular flexibility index (Phi) is 5.90. The van der Waals surface area contributed by atoms with Gasteiger partial charge in [-0.2, -0.15) is 0 Å². The van der Waals surface area contributed by atoms with E-state index in [9.17, 15) is 0 Å². The second-order valence-corrected chi connectivity index (χ2v) is 5.87. The van der Waals surface area contributed by atoms with Gasteiger partial charge in [0.1, 0.15) is 5.75 Å². The number of methoxy groups -OCH3 is 1. The van der Waals surface area contributed by atoms with Crippen molar-refractivity contribution in [3.8, 4) is 5.75 Å². The second kappa shape index (κ2) is 8.53. The molecule has 0 amide bonds. The molecule has 0 spiro atoms. The molecule has 3 rings (SSSR count). The van der Waals surface area contributed by atoms with Crippen molar-refractivity contribution in [2.75, 3.05) is 38.8 Å². The summed E-state index contributed by atoms with van der Waals surface area (Å²) >= 11 is 0. The summed E-state index contributed by atoms with van der Waals surface area (Å²) in [5.74, 6) is 1.76. The normalized spacial score (nSPS) is 13.7. The largest absolute Gasteiger partial charge is 0.496 e. The van der Waals surface area contributed by atoms with Crippen molar-refractivity contribution in [2.45, 2.75) is 13.0 Å². The van der Waals surface area contributed by atoms with Crippen LogP contribution in [0.25, 0.3) is 0 Å². The molecule has 0 unspecified atom stereocenters. The highest BCUT2D eigenvalue weighted by Crippen LogP contribution is 2.27. The van der Waals surface area contributed by atoms with Gasteiger partial charge in [-0.15, -0.1) is 0 Å². The van der Waals surface area contributed by atoms with Crippen molar-refractivity contribution in [1.82, 2.24) is 5.32 Å². The second-order valence-electron chi connectivity index (χ2n) is 5.87. The number of rotatable bonds is 6. The predicted molar refractivity (Wildman–Crippen MR) is 102 cm³/mol. The highest BCUT2D eigenvalue weighted by Gasteiger charge is 2.21. The summed E-state index contributed by atoms with van der Waals surface area (Å²) in [5, 5.41) is 3.39. The maximum atomic E-state index is 5.77. The smallest absolute Gasteiger partial charge is 0.198 e. The average molecular weight is 339 g/mol. The van der Waals surface area contributed by atoms with Crippen LogP contribution in [0.4, 0.5) is 5.69 Å². The number of para-hydroxylation sites is 2. The van der Waals surface area contributed by atoms with Gasteiger partial charge < -0.3 is 19.7 Å². The van der Waals surface area contributed by atoms with Gasteiger partial charge >= 0.3 is 0 Å². The first kappa shape index (κ1) is 17.3. The minimum atomic E-state index is 0.539. The van der Waals surface area contributed by atoms with Gasteiger partial charge in [0, 0.05) is 31.4 Å². The first-order valence-corrected chi connectivity index (χ1v) is 8.59. The molecule has 132 valence electrons. The molecule has 0 bridgehead atoms. The minimum absolute atomic E-state index is 0.539. The van der Waals surface area contributed by atoms with E-state index < -0.39 is 0 Å². The molecule has 5 heteroatoms. The molecule has 0 aromatic heterocycles. The molecular formula is C20H25N3O2. The number of guanidine groups is 1. The van der Waals surface area contributed by atoms with Crippen LogP contribution in [-0.2, 0) is 17.8 Å². The van der Waals surface area contributed by atoms with Gasteiger partial charge in [0.05, 0.1) is 20.3 Å². The molecule has 2 aromatic rings. The topological polar surface area (TPSA) is 46.1 Å². The molecule has 1 heterocycles. The zero-order valence-corrected chi connectivity index (χ0v) is 14.9. The predicted octanol–water partition coefficient (Wildman–Crippen LogP) is 2.85. The summed E-state index contributed by atoms with van der Waals surface area (Å²) < 4.78 is 11.1. The van der Waals surface area contributed by atoms with Crippen molar-refractivity contribution < 1.29 is 9.47 Å². The standard InChI is InChI=1S/C20H25N3O2/c1-21-20(23-13-11-16-7-3-5-9-18(16)23)22-12-14-25-15-17-8-4-6-10-19(17)24-2/h3-10H,11-15H2,1-2H3,(H,21,22). The van der Waals surface area contributed by atoms with Gasteiger partial charge in [-0.05, 0) is 24.1 Å². The zero-order valence-electron chi connectivity index (χ0n) is 14.9. The van der Waals surface area contributed by atoms with Gasteiger partial charge in [-0.1, -0.05) is 36.4 Å². The molecule has 25 heavy (non-hydrogen) atoms. The molecule has 0 saturated heterocycles. The molecule has 0 saturated carbocycles. The van der Waals surface area contributed by atoms with Crippen LogP contribution in [-0.4, -0.2) is 39.8 Å². The van der Waals surface area contributed by atoms with E-state index >= 15 is 0 Å². The van der Waals surface area contributed by atoms with Crippen molar-refractivity contribution >= 4 is 11.6 Å². The molecule has 2 aromatic carbocycles. The molecule has 0 atom stereocenters. The van der Waals surface area contributed by atoms with Crippen LogP contribution in [0.15, 0.2) is 53.5 Å². The van der Waals surface area contributed by atoms with Gasteiger partial charge in [-0.25, -0.2) is 0 Å². The van der Waals surface area contributed by atoms with Crippen molar-refractivity contribution in [3.05, 3.63) is 59.7 Å². The maximum Gasteiger partial charge on any atom is 0.198 e. The number of anilines is 1. The van der Waals surface area contributed by atoms with Crippen LogP contribution in [0, 0.1) is 0 Å². The van der Waals surface area contributed by atoms with Gasteiger partial charge in [0.25, 0.3) is 0 Å². The Morgan fingerprint density at radius 2 is 1.96 bits per heavy atom. The van der Waals surface area contributed by atoms with E-state index in [1.54, 1.807) is 7.11 Å². The van der Waals surface area contributed by atoms with Gasteiger partial charge in [0.2, 0.25) is 0 Å². The molecule has 0 radical (unpaired) electrons. The summed E-state index contributed by atoms with van der Waals surface area (Å²) in [7, 11) is 3.50. The lowest BCUT2D eigenvalue weighted by Gasteiger charge is -2.22. The molecule has 1 N–H and O–H groups in total. The summed E-state index contributed by atoms with van der Waals surface area (Å²) in [6, 6.07) is 16.4. The monoisotopic (exact) mass is 339 g/mol. The van der Waals surface area contributed by atoms with E-state index in [4.69, 9.17) is 9.47 Å². The third-order valence-electron chi connectivity index (χ3n) is 4.33. The van der Waals surface area contributed by atoms with Crippen LogP contribution in [0.1, 0.15) is 11.1 Å². The average Bonchev–Trinajstić information content (AvgIpc) is 3.09. The van der Waals surface area contributed by atoms with Crippen LogP contribution >= 0.6 is 0 Å². The van der Waals surface area contributed by atoms with Crippen molar-refractivity contribution in [3.63, 3.8) is 0 Å². The Hall–Kier alpha value is -2.53. The number of nitrogens with one attached hydrogen (secondary N) is 1. The number of benzene rings is 2. The van der Waals surface area contributed by atoms with Gasteiger partial charge in [0.15, 0.2) is 5.96 Å². The summed E-state index contributed by atoms with van der Waals surface area (Å²) in [5.41, 5.74) is 3.67. The molecular weight excluding hydrogens is 314 g/mol. The third-order valence-corrected chi connectivity index (χ3v) is 4.33. The number of aliphatic imine (C=N–C) groups is 1. The first-order chi connectivity index (χ1) is 12.3. The maximum absolute atomic E-state index is 5.77. The van der Waals surface area contributed by atoms with Crippen LogP contribution in [0.5, 0.6) is 5.75 Å². The van der Waals surface area contributed by atoms with E-state index in [1.807, 2.05) is 31.3 Å². The number of nitrogens with zero attached hydrogens (tertiary/aromatic N) is 2. The Bertz CT molecular complexity index is 730. The fraction of sp³-hybridized carbons (Fsp3) is 0.350. The summed E-state index contributed by atoms with van der Waals surface area (Å²) in [6.45, 7) is 2.81. The molecule has 1 aliphatic rings. The lowest BCUT2D eigenvalue weighted by atomic mass is 10.2. The Morgan fingerprint density at radius 1 is 1.16 bits per heavy atom. The fourth-order valence-corrected chi connectivity index (χ4v) is 3.09. The third kappa shape index (κ3) is 4.12. The lowest BCUT2D eigenvalue weighted by Crippen LogP contribution is -2.41. The lowest BCUT2D eigenvalue weighted by molar-refractivity contribution is 0.123. The Morgan fingerprint density at radius 3 is 2.80 bits per heavy atom. The van der Waals surface area contributed by atoms with Crippen LogP contribution < -0.4 is 15.0 Å². The quantitative estimate of drug-likeness (QED) is 0.499. The molecule has 5 nitrogen and oxygen atoms in total. The van der Waals surface area contributed by atoms with Crippen LogP contribution in [0.2, 0.25) is 0 Å². The summed E-state index contributed by atoms with van der Waals surface area (Å²) in [6.07, 6.45) is 1.06.